The number of carbonyl (C=O) groups excluding carboxylic acids is 2. The number of thioether (sulfide) groups is 1. The Balaban J connectivity index is 1.01. The average Bonchev–Trinajstić information content (AvgIpc) is 3.83. The van der Waals surface area contributed by atoms with Gasteiger partial charge >= 0.3 is 218 Å². The maximum atomic E-state index is 13.6. The number of allylic oxidation sites excluding steroid dienone is 2. The summed E-state index contributed by atoms with van der Waals surface area (Å²) in [6, 6.07) is 11.1. The number of hydrogen-bond acceptors (Lipinski definition) is 9. The number of aryl methyl sites for hydroxylation is 1. The SMILES string of the molecule is CS[C@@]1(C(=O)N[C]2=CC(c3ccc(OC(C)C)nc3)=[CH][In]2)CCN(CC(=O)N2CC=C(c3ccc(-n4nc(C)ccc4=O)s3)CC2)C1. The van der Waals surface area contributed by atoms with Gasteiger partial charge < -0.3 is 0 Å². The van der Waals surface area contributed by atoms with Crippen LogP contribution in [0.1, 0.15) is 42.8 Å². The predicted octanol–water partition coefficient (Wildman–Crippen LogP) is 3.92. The number of thiophene rings is 1. The minimum atomic E-state index is -1.26. The minimum absolute atomic E-state index is 0.0370. The first-order valence-corrected chi connectivity index (χ1v) is 21.3. The fourth-order valence-corrected chi connectivity index (χ4v) is 11.1. The van der Waals surface area contributed by atoms with Gasteiger partial charge in [-0.2, -0.15) is 9.78 Å². The molecule has 3 aromatic rings. The van der Waals surface area contributed by atoms with Crippen molar-refractivity contribution >= 4 is 69.0 Å². The molecule has 2 amide bonds. The van der Waals surface area contributed by atoms with Crippen molar-refractivity contribution < 1.29 is 14.3 Å². The molecule has 0 saturated carbocycles. The number of pyridine rings is 1. The Morgan fingerprint density at radius 2 is 2.02 bits per heavy atom. The third kappa shape index (κ3) is 7.79. The maximum absolute atomic E-state index is 13.6. The Bertz CT molecular complexity index is 1810. The first-order chi connectivity index (χ1) is 22.6. The van der Waals surface area contributed by atoms with Gasteiger partial charge in [-0.15, -0.1) is 11.3 Å². The predicted molar refractivity (Wildman–Crippen MR) is 189 cm³/mol. The van der Waals surface area contributed by atoms with E-state index in [9.17, 15) is 14.4 Å². The molecule has 243 valence electrons. The fourth-order valence-electron chi connectivity index (χ4n) is 5.93. The number of hydrogen-bond donors (Lipinski definition) is 1. The summed E-state index contributed by atoms with van der Waals surface area (Å²) in [6.45, 7) is 8.57. The van der Waals surface area contributed by atoms with Gasteiger partial charge in [0.1, 0.15) is 5.00 Å². The van der Waals surface area contributed by atoms with Crippen LogP contribution in [0.2, 0.25) is 0 Å². The molecule has 0 aromatic carbocycles. The zero-order chi connectivity index (χ0) is 33.1. The topological polar surface area (TPSA) is 110 Å². The summed E-state index contributed by atoms with van der Waals surface area (Å²) in [5.74, 6) is 0.731. The summed E-state index contributed by atoms with van der Waals surface area (Å²) in [7, 11) is 0. The summed E-state index contributed by atoms with van der Waals surface area (Å²) in [5.41, 5.74) is 3.95. The molecule has 1 fully saturated rings. The summed E-state index contributed by atoms with van der Waals surface area (Å²) < 4.78 is 9.86. The molecule has 0 aliphatic carbocycles. The summed E-state index contributed by atoms with van der Waals surface area (Å²) in [4.78, 5) is 48.8. The Morgan fingerprint density at radius 1 is 1.17 bits per heavy atom. The van der Waals surface area contributed by atoms with Gasteiger partial charge in [0.05, 0.1) is 5.69 Å². The van der Waals surface area contributed by atoms with E-state index in [2.05, 4.69) is 36.3 Å². The van der Waals surface area contributed by atoms with Crippen molar-refractivity contribution in [1.29, 1.82) is 0 Å². The number of nitrogens with zero attached hydrogens (tertiary/aromatic N) is 5. The second kappa shape index (κ2) is 14.6. The van der Waals surface area contributed by atoms with Gasteiger partial charge in [-0.25, -0.2) is 0 Å². The fraction of sp³-hybridized carbons (Fsp3) is 0.382. The average molecular weight is 774 g/mol. The van der Waals surface area contributed by atoms with Crippen molar-refractivity contribution in [3.05, 3.63) is 88.5 Å². The number of ether oxygens (including phenoxy) is 1. The van der Waals surface area contributed by atoms with Crippen molar-refractivity contribution in [2.45, 2.75) is 44.5 Å². The van der Waals surface area contributed by atoms with Crippen LogP contribution in [0.4, 0.5) is 0 Å². The molecule has 3 aliphatic rings. The molecular weight excluding hydrogens is 735 g/mol. The number of carbonyl (C=O) groups is 2. The van der Waals surface area contributed by atoms with Gasteiger partial charge in [0.2, 0.25) is 0 Å². The summed E-state index contributed by atoms with van der Waals surface area (Å²) in [6.07, 6.45) is 9.56. The van der Waals surface area contributed by atoms with Crippen LogP contribution in [-0.4, -0.2) is 109 Å². The first kappa shape index (κ1) is 33.8. The monoisotopic (exact) mass is 773 g/mol. The van der Waals surface area contributed by atoms with E-state index in [1.807, 2.05) is 62.4 Å². The zero-order valence-corrected chi connectivity index (χ0v) is 32.0. The molecule has 1 radical (unpaired) electrons. The van der Waals surface area contributed by atoms with Gasteiger partial charge in [-0.3, -0.25) is 4.79 Å². The second-order valence-corrected chi connectivity index (χ2v) is 18.2. The Labute approximate surface area is 294 Å². The molecule has 1 atom stereocenters. The Morgan fingerprint density at radius 3 is 2.74 bits per heavy atom. The summed E-state index contributed by atoms with van der Waals surface area (Å²) in [5, 5.41) is 8.41. The molecule has 6 heterocycles. The van der Waals surface area contributed by atoms with E-state index in [4.69, 9.17) is 4.74 Å². The molecule has 10 nitrogen and oxygen atoms in total. The van der Waals surface area contributed by atoms with Crippen LogP contribution in [0.15, 0.2) is 66.8 Å². The van der Waals surface area contributed by atoms with Crippen molar-refractivity contribution in [3.8, 4) is 10.9 Å². The number of nitrogens with one attached hydrogen (secondary N) is 1. The molecule has 1 N–H and O–H groups in total. The Kier molecular flexibility index (Phi) is 10.5. The van der Waals surface area contributed by atoms with Gasteiger partial charge in [-0.05, 0) is 25.1 Å². The molecule has 0 bridgehead atoms. The van der Waals surface area contributed by atoms with Crippen LogP contribution < -0.4 is 15.6 Å². The molecule has 0 spiro atoms. The van der Waals surface area contributed by atoms with Crippen LogP contribution in [0.25, 0.3) is 16.1 Å². The first-order valence-electron chi connectivity index (χ1n) is 15.8. The normalized spacial score (nSPS) is 19.7. The molecule has 1 saturated heterocycles. The van der Waals surface area contributed by atoms with Crippen LogP contribution in [0.5, 0.6) is 5.88 Å². The number of amides is 2. The van der Waals surface area contributed by atoms with Crippen molar-refractivity contribution in [1.82, 2.24) is 29.9 Å². The van der Waals surface area contributed by atoms with Gasteiger partial charge in [0.15, 0.2) is 0 Å². The number of rotatable bonds is 10. The van der Waals surface area contributed by atoms with Gasteiger partial charge in [-0.1, -0.05) is 0 Å². The molecule has 3 aliphatic heterocycles. The number of aromatic nitrogens is 3. The van der Waals surface area contributed by atoms with E-state index in [-0.39, 0.29) is 23.5 Å². The molecule has 47 heavy (non-hydrogen) atoms. The van der Waals surface area contributed by atoms with Crippen molar-refractivity contribution in [2.75, 3.05) is 39.0 Å². The van der Waals surface area contributed by atoms with E-state index < -0.39 is 27.7 Å². The number of likely N-dealkylation sites (tertiary alicyclic amines) is 1. The third-order valence-electron chi connectivity index (χ3n) is 8.52. The van der Waals surface area contributed by atoms with Crippen LogP contribution in [-0.2, 0) is 9.59 Å². The Hall–Kier alpha value is -3.13. The zero-order valence-electron chi connectivity index (χ0n) is 27.1. The van der Waals surface area contributed by atoms with Crippen molar-refractivity contribution in [2.24, 2.45) is 0 Å². The molecule has 0 unspecified atom stereocenters. The molecule has 6 rings (SSSR count). The second-order valence-electron chi connectivity index (χ2n) is 12.2. The molecular formula is C34H38InN6O4S2. The van der Waals surface area contributed by atoms with E-state index >= 15 is 0 Å². The molecule has 13 heteroatoms. The summed E-state index contributed by atoms with van der Waals surface area (Å²) >= 11 is 1.86. The molecule has 3 aromatic heterocycles. The van der Waals surface area contributed by atoms with Gasteiger partial charge in [0.25, 0.3) is 5.56 Å². The van der Waals surface area contributed by atoms with E-state index in [0.29, 0.717) is 45.0 Å². The van der Waals surface area contributed by atoms with E-state index in [1.165, 1.54) is 27.7 Å². The van der Waals surface area contributed by atoms with Crippen LogP contribution >= 0.6 is 23.1 Å². The van der Waals surface area contributed by atoms with Crippen LogP contribution in [0.3, 0.4) is 0 Å². The van der Waals surface area contributed by atoms with Gasteiger partial charge in [0, 0.05) is 10.9 Å². The van der Waals surface area contributed by atoms with E-state index in [1.54, 1.807) is 17.8 Å². The van der Waals surface area contributed by atoms with Crippen molar-refractivity contribution in [3.63, 3.8) is 0 Å². The van der Waals surface area contributed by atoms with E-state index in [0.717, 1.165) is 36.6 Å². The third-order valence-corrected chi connectivity index (χ3v) is 14.4. The standard InChI is InChI=1S/C34H38N6O4S2.In/c1-23(2)44-29-9-7-27(20-36-29)24(3)12-16-35-33(43)34(45-5)15-19-38(22-34)21-31(42)39-17-13-26(14-18-39)28-8-11-32(46-28)40-30(41)10-6-25(4)37-40;/h3,6-13,20,23H,14-15,17-19,21-22H2,1-2,4-5H3,(H,35,43);/t34-;/m0./s1. The quantitative estimate of drug-likeness (QED) is 0.331. The van der Waals surface area contributed by atoms with Crippen LogP contribution in [0, 0.1) is 6.92 Å².